The van der Waals surface area contributed by atoms with E-state index in [9.17, 15) is 4.79 Å². The SMILES string of the molecule is COc1cccc(NC(=O)c2cnc(Nc3ccc(C)cc3)nc2)c1. The summed E-state index contributed by atoms with van der Waals surface area (Å²) in [7, 11) is 1.58. The van der Waals surface area contributed by atoms with Crippen molar-refractivity contribution in [2.45, 2.75) is 6.92 Å². The summed E-state index contributed by atoms with van der Waals surface area (Å²) in [4.78, 5) is 20.6. The van der Waals surface area contributed by atoms with Gasteiger partial charge in [-0.25, -0.2) is 9.97 Å². The van der Waals surface area contributed by atoms with Gasteiger partial charge in [-0.3, -0.25) is 4.79 Å². The molecule has 0 radical (unpaired) electrons. The standard InChI is InChI=1S/C19H18N4O2/c1-13-6-8-15(9-7-13)23-19-20-11-14(12-21-19)18(24)22-16-4-3-5-17(10-16)25-2/h3-12H,1-2H3,(H,22,24)(H,20,21,23). The zero-order valence-electron chi connectivity index (χ0n) is 14.0. The van der Waals surface area contributed by atoms with E-state index < -0.39 is 0 Å². The quantitative estimate of drug-likeness (QED) is 0.742. The molecule has 3 rings (SSSR count). The van der Waals surface area contributed by atoms with Crippen molar-refractivity contribution in [3.63, 3.8) is 0 Å². The number of carbonyl (C=O) groups excluding carboxylic acids is 1. The van der Waals surface area contributed by atoms with E-state index in [1.165, 1.54) is 18.0 Å². The van der Waals surface area contributed by atoms with Crippen molar-refractivity contribution in [1.82, 2.24) is 9.97 Å². The Balaban J connectivity index is 1.66. The van der Waals surface area contributed by atoms with Gasteiger partial charge in [0.05, 0.1) is 12.7 Å². The Bertz CT molecular complexity index is 861. The zero-order valence-corrected chi connectivity index (χ0v) is 14.0. The number of nitrogens with one attached hydrogen (secondary N) is 2. The van der Waals surface area contributed by atoms with Gasteiger partial charge in [-0.15, -0.1) is 0 Å². The molecule has 0 saturated carbocycles. The van der Waals surface area contributed by atoms with E-state index in [0.29, 0.717) is 22.9 Å². The highest BCUT2D eigenvalue weighted by atomic mass is 16.5. The van der Waals surface area contributed by atoms with Crippen molar-refractivity contribution in [3.8, 4) is 5.75 Å². The Morgan fingerprint density at radius 3 is 2.40 bits per heavy atom. The van der Waals surface area contributed by atoms with Crippen LogP contribution < -0.4 is 15.4 Å². The maximum atomic E-state index is 12.3. The first-order valence-corrected chi connectivity index (χ1v) is 7.75. The van der Waals surface area contributed by atoms with Gasteiger partial charge in [0.2, 0.25) is 5.95 Å². The predicted octanol–water partition coefficient (Wildman–Crippen LogP) is 3.79. The van der Waals surface area contributed by atoms with Gasteiger partial charge in [-0.1, -0.05) is 23.8 Å². The molecule has 2 N–H and O–H groups in total. The van der Waals surface area contributed by atoms with Gasteiger partial charge in [0.1, 0.15) is 5.75 Å². The molecule has 2 aromatic carbocycles. The first-order valence-electron chi connectivity index (χ1n) is 7.75. The Morgan fingerprint density at radius 1 is 1.00 bits per heavy atom. The molecule has 1 aromatic heterocycles. The van der Waals surface area contributed by atoms with Crippen molar-refractivity contribution in [3.05, 3.63) is 72.1 Å². The molecule has 3 aromatic rings. The van der Waals surface area contributed by atoms with Gasteiger partial charge < -0.3 is 15.4 Å². The molecule has 0 aliphatic heterocycles. The number of methoxy groups -OCH3 is 1. The van der Waals surface area contributed by atoms with E-state index in [2.05, 4.69) is 20.6 Å². The van der Waals surface area contributed by atoms with Gasteiger partial charge in [0.15, 0.2) is 0 Å². The minimum Gasteiger partial charge on any atom is -0.497 e. The van der Waals surface area contributed by atoms with Crippen molar-refractivity contribution in [2.75, 3.05) is 17.7 Å². The zero-order chi connectivity index (χ0) is 17.6. The lowest BCUT2D eigenvalue weighted by Gasteiger charge is -2.08. The normalized spacial score (nSPS) is 10.2. The summed E-state index contributed by atoms with van der Waals surface area (Å²) >= 11 is 0. The number of nitrogens with zero attached hydrogens (tertiary/aromatic N) is 2. The fourth-order valence-corrected chi connectivity index (χ4v) is 2.18. The van der Waals surface area contributed by atoms with E-state index >= 15 is 0 Å². The topological polar surface area (TPSA) is 76.1 Å². The van der Waals surface area contributed by atoms with E-state index in [1.807, 2.05) is 37.3 Å². The van der Waals surface area contributed by atoms with Crippen LogP contribution in [0.5, 0.6) is 5.75 Å². The van der Waals surface area contributed by atoms with E-state index in [4.69, 9.17) is 4.74 Å². The molecule has 0 saturated heterocycles. The van der Waals surface area contributed by atoms with Gasteiger partial charge in [0, 0.05) is 29.8 Å². The Hall–Kier alpha value is -3.41. The van der Waals surface area contributed by atoms with Gasteiger partial charge in [0.25, 0.3) is 5.91 Å². The third kappa shape index (κ3) is 4.32. The number of rotatable bonds is 5. The van der Waals surface area contributed by atoms with Crippen molar-refractivity contribution in [2.24, 2.45) is 0 Å². The molecule has 25 heavy (non-hydrogen) atoms. The summed E-state index contributed by atoms with van der Waals surface area (Å²) in [6, 6.07) is 15.0. The molecule has 1 heterocycles. The van der Waals surface area contributed by atoms with Gasteiger partial charge in [-0.2, -0.15) is 0 Å². The van der Waals surface area contributed by atoms with Crippen LogP contribution in [0.2, 0.25) is 0 Å². The lowest BCUT2D eigenvalue weighted by molar-refractivity contribution is 0.102. The fourth-order valence-electron chi connectivity index (χ4n) is 2.18. The summed E-state index contributed by atoms with van der Waals surface area (Å²) < 4.78 is 5.14. The van der Waals surface area contributed by atoms with Crippen molar-refractivity contribution >= 4 is 23.2 Å². The maximum absolute atomic E-state index is 12.3. The monoisotopic (exact) mass is 334 g/mol. The van der Waals surface area contributed by atoms with E-state index in [1.54, 1.807) is 25.3 Å². The van der Waals surface area contributed by atoms with Crippen LogP contribution in [0.1, 0.15) is 15.9 Å². The minimum atomic E-state index is -0.282. The van der Waals surface area contributed by atoms with Gasteiger partial charge >= 0.3 is 0 Å². The maximum Gasteiger partial charge on any atom is 0.258 e. The van der Waals surface area contributed by atoms with Crippen LogP contribution in [-0.4, -0.2) is 23.0 Å². The van der Waals surface area contributed by atoms with Crippen LogP contribution in [0.3, 0.4) is 0 Å². The molecule has 1 amide bonds. The van der Waals surface area contributed by atoms with Crippen molar-refractivity contribution < 1.29 is 9.53 Å². The molecular weight excluding hydrogens is 316 g/mol. The average molecular weight is 334 g/mol. The van der Waals surface area contributed by atoms with Crippen LogP contribution >= 0.6 is 0 Å². The lowest BCUT2D eigenvalue weighted by atomic mass is 10.2. The second-order valence-electron chi connectivity index (χ2n) is 5.47. The molecule has 0 spiro atoms. The van der Waals surface area contributed by atoms with Crippen LogP contribution in [0.15, 0.2) is 60.9 Å². The van der Waals surface area contributed by atoms with Crippen LogP contribution in [0.4, 0.5) is 17.3 Å². The third-order valence-corrected chi connectivity index (χ3v) is 3.55. The lowest BCUT2D eigenvalue weighted by Crippen LogP contribution is -2.13. The fraction of sp³-hybridized carbons (Fsp3) is 0.105. The Labute approximate surface area is 145 Å². The molecule has 0 unspecified atom stereocenters. The molecule has 0 aliphatic rings. The first kappa shape index (κ1) is 16.4. The molecular formula is C19H18N4O2. The first-order chi connectivity index (χ1) is 12.1. The molecule has 6 nitrogen and oxygen atoms in total. The number of hydrogen-bond donors (Lipinski definition) is 2. The molecule has 0 aliphatic carbocycles. The number of aryl methyl sites for hydroxylation is 1. The Morgan fingerprint density at radius 2 is 1.72 bits per heavy atom. The van der Waals surface area contributed by atoms with Crippen LogP contribution in [0, 0.1) is 6.92 Å². The molecule has 6 heteroatoms. The van der Waals surface area contributed by atoms with Crippen LogP contribution in [-0.2, 0) is 0 Å². The smallest absolute Gasteiger partial charge is 0.258 e. The summed E-state index contributed by atoms with van der Waals surface area (Å²) in [5.41, 5.74) is 3.08. The number of hydrogen-bond acceptors (Lipinski definition) is 5. The highest BCUT2D eigenvalue weighted by Gasteiger charge is 2.08. The molecule has 0 atom stereocenters. The van der Waals surface area contributed by atoms with E-state index in [-0.39, 0.29) is 5.91 Å². The summed E-state index contributed by atoms with van der Waals surface area (Å²) in [5.74, 6) is 0.823. The molecule has 126 valence electrons. The molecule has 0 bridgehead atoms. The second-order valence-corrected chi connectivity index (χ2v) is 5.47. The molecule has 0 fully saturated rings. The summed E-state index contributed by atoms with van der Waals surface area (Å²) in [6.45, 7) is 2.02. The number of anilines is 3. The highest BCUT2D eigenvalue weighted by Crippen LogP contribution is 2.18. The number of carbonyl (C=O) groups is 1. The number of ether oxygens (including phenoxy) is 1. The van der Waals surface area contributed by atoms with Crippen LogP contribution in [0.25, 0.3) is 0 Å². The highest BCUT2D eigenvalue weighted by molar-refractivity contribution is 6.04. The van der Waals surface area contributed by atoms with Gasteiger partial charge in [-0.05, 0) is 31.2 Å². The predicted molar refractivity (Wildman–Crippen MR) is 97.4 cm³/mol. The second kappa shape index (κ2) is 7.44. The number of benzene rings is 2. The number of aromatic nitrogens is 2. The summed E-state index contributed by atoms with van der Waals surface area (Å²) in [6.07, 6.45) is 2.97. The number of amides is 1. The largest absolute Gasteiger partial charge is 0.497 e. The van der Waals surface area contributed by atoms with E-state index in [0.717, 1.165) is 5.69 Å². The Kier molecular flexibility index (Phi) is 4.89. The average Bonchev–Trinajstić information content (AvgIpc) is 2.64. The minimum absolute atomic E-state index is 0.282. The third-order valence-electron chi connectivity index (χ3n) is 3.55. The van der Waals surface area contributed by atoms with Crippen molar-refractivity contribution in [1.29, 1.82) is 0 Å². The summed E-state index contributed by atoms with van der Waals surface area (Å²) in [5, 5.41) is 5.88.